The number of carbonyl (C=O) groups excluding carboxylic acids is 2. The molecule has 0 aromatic rings. The van der Waals surface area contributed by atoms with E-state index >= 15 is 0 Å². The summed E-state index contributed by atoms with van der Waals surface area (Å²) in [6.45, 7) is 4.67. The molecule has 0 aliphatic heterocycles. The first-order valence-corrected chi connectivity index (χ1v) is 11.0. The fourth-order valence-corrected chi connectivity index (χ4v) is 9.42. The van der Waals surface area contributed by atoms with Gasteiger partial charge in [0.1, 0.15) is 5.78 Å². The molecule has 4 aliphatic carbocycles. The van der Waals surface area contributed by atoms with Crippen LogP contribution in [0.3, 0.4) is 0 Å². The first kappa shape index (κ1) is 16.8. The molecule has 4 aliphatic rings. The number of carbonyl (C=O) groups is 2. The maximum absolute atomic E-state index is 12.5. The van der Waals surface area contributed by atoms with E-state index < -0.39 is 0 Å². The van der Waals surface area contributed by atoms with Crippen molar-refractivity contribution < 1.29 is 9.59 Å². The quantitative estimate of drug-likeness (QED) is 0.496. The minimum atomic E-state index is -0.0452. The van der Waals surface area contributed by atoms with Crippen LogP contribution in [0.2, 0.25) is 0 Å². The van der Waals surface area contributed by atoms with Gasteiger partial charge in [0.15, 0.2) is 5.78 Å². The minimum absolute atomic E-state index is 0.00472. The van der Waals surface area contributed by atoms with Gasteiger partial charge in [-0.05, 0) is 67.6 Å². The van der Waals surface area contributed by atoms with Crippen LogP contribution >= 0.6 is 31.9 Å². The van der Waals surface area contributed by atoms with Crippen molar-refractivity contribution in [3.8, 4) is 0 Å². The molecule has 0 saturated heterocycles. The topological polar surface area (TPSA) is 34.1 Å². The van der Waals surface area contributed by atoms with Crippen LogP contribution in [0.15, 0.2) is 0 Å². The van der Waals surface area contributed by atoms with Crippen molar-refractivity contribution in [3.63, 3.8) is 0 Å². The van der Waals surface area contributed by atoms with Crippen LogP contribution in [-0.4, -0.2) is 21.2 Å². The predicted octanol–water partition coefficient (Wildman–Crippen LogP) is 4.91. The van der Waals surface area contributed by atoms with Crippen LogP contribution in [0, 0.1) is 34.5 Å². The number of fused-ring (bicyclic) bond motifs is 5. The second kappa shape index (κ2) is 5.40. The zero-order valence-electron chi connectivity index (χ0n) is 14.0. The van der Waals surface area contributed by atoms with E-state index in [2.05, 4.69) is 45.7 Å². The Labute approximate surface area is 155 Å². The molecule has 4 saturated carbocycles. The molecule has 2 nitrogen and oxygen atoms in total. The number of alkyl halides is 2. The van der Waals surface area contributed by atoms with Gasteiger partial charge in [0.05, 0.1) is 9.65 Å². The zero-order valence-corrected chi connectivity index (χ0v) is 17.2. The summed E-state index contributed by atoms with van der Waals surface area (Å²) < 4.78 is 0. The lowest BCUT2D eigenvalue weighted by atomic mass is 9.45. The van der Waals surface area contributed by atoms with Gasteiger partial charge in [0.25, 0.3) is 0 Å². The highest BCUT2D eigenvalue weighted by Gasteiger charge is 2.62. The second-order valence-corrected chi connectivity index (χ2v) is 11.1. The molecule has 128 valence electrons. The summed E-state index contributed by atoms with van der Waals surface area (Å²) in [5, 5.41) is 0. The van der Waals surface area contributed by atoms with Gasteiger partial charge < -0.3 is 0 Å². The number of Topliss-reactive ketones (excluding diaryl/α,β-unsaturated/α-hetero) is 2. The molecule has 0 aromatic heterocycles. The van der Waals surface area contributed by atoms with Gasteiger partial charge in [-0.25, -0.2) is 0 Å². The molecule has 0 amide bonds. The third-order valence-corrected chi connectivity index (χ3v) is 10.1. The number of halogens is 2. The van der Waals surface area contributed by atoms with E-state index in [0.29, 0.717) is 35.2 Å². The molecule has 0 radical (unpaired) electrons. The summed E-state index contributed by atoms with van der Waals surface area (Å²) >= 11 is 7.38. The predicted molar refractivity (Wildman–Crippen MR) is 97.9 cm³/mol. The van der Waals surface area contributed by atoms with Crippen molar-refractivity contribution in [2.24, 2.45) is 34.5 Å². The molecule has 0 spiro atoms. The Morgan fingerprint density at radius 3 is 2.43 bits per heavy atom. The van der Waals surface area contributed by atoms with Crippen molar-refractivity contribution in [2.75, 3.05) is 0 Å². The Hall–Kier alpha value is 0.300. The summed E-state index contributed by atoms with van der Waals surface area (Å²) in [4.78, 5) is 24.9. The highest BCUT2D eigenvalue weighted by atomic mass is 79.9. The van der Waals surface area contributed by atoms with Gasteiger partial charge >= 0.3 is 0 Å². The SMILES string of the molecule is C[C@]12C[C@@H](Br)C(=O)[C@@H](Br)[C@@H]1CC[C@@H]1[C@@H]2CC[C@]2(C)C(=O)CC[C@@H]12. The summed E-state index contributed by atoms with van der Waals surface area (Å²) in [6, 6.07) is 0. The Bertz CT molecular complexity index is 562. The molecule has 4 rings (SSSR count). The summed E-state index contributed by atoms with van der Waals surface area (Å²) in [7, 11) is 0. The molecule has 4 heteroatoms. The Kier molecular flexibility index (Phi) is 3.93. The lowest BCUT2D eigenvalue weighted by molar-refractivity contribution is -0.142. The van der Waals surface area contributed by atoms with Crippen LogP contribution in [-0.2, 0) is 9.59 Å². The van der Waals surface area contributed by atoms with Gasteiger partial charge in [0.2, 0.25) is 0 Å². The number of hydrogen-bond acceptors (Lipinski definition) is 2. The number of rotatable bonds is 0. The molecule has 0 N–H and O–H groups in total. The third-order valence-electron chi connectivity index (χ3n) is 8.20. The molecular weight excluding hydrogens is 420 g/mol. The average Bonchev–Trinajstić information content (AvgIpc) is 2.80. The fourth-order valence-electron chi connectivity index (χ4n) is 6.90. The van der Waals surface area contributed by atoms with E-state index in [1.165, 1.54) is 12.8 Å². The van der Waals surface area contributed by atoms with Crippen LogP contribution in [0.5, 0.6) is 0 Å². The molecule has 0 aromatic carbocycles. The highest BCUT2D eigenvalue weighted by molar-refractivity contribution is 9.10. The first-order valence-electron chi connectivity index (χ1n) is 9.14. The summed E-state index contributed by atoms with van der Waals surface area (Å²) in [6.07, 6.45) is 7.45. The van der Waals surface area contributed by atoms with Crippen molar-refractivity contribution in [1.82, 2.24) is 0 Å². The van der Waals surface area contributed by atoms with Gasteiger partial charge in [0, 0.05) is 11.8 Å². The maximum atomic E-state index is 12.5. The Morgan fingerprint density at radius 2 is 1.70 bits per heavy atom. The maximum Gasteiger partial charge on any atom is 0.160 e. The zero-order chi connectivity index (χ0) is 16.6. The second-order valence-electron chi connectivity index (χ2n) is 8.96. The van der Waals surface area contributed by atoms with Crippen molar-refractivity contribution in [3.05, 3.63) is 0 Å². The van der Waals surface area contributed by atoms with E-state index in [1.54, 1.807) is 0 Å². The van der Waals surface area contributed by atoms with E-state index in [4.69, 9.17) is 0 Å². The molecule has 4 fully saturated rings. The highest BCUT2D eigenvalue weighted by Crippen LogP contribution is 2.66. The van der Waals surface area contributed by atoms with Crippen molar-refractivity contribution in [1.29, 1.82) is 0 Å². The number of hydrogen-bond donors (Lipinski definition) is 0. The molecule has 0 bridgehead atoms. The molecular formula is C19H26Br2O2. The van der Waals surface area contributed by atoms with E-state index in [0.717, 1.165) is 32.1 Å². The summed E-state index contributed by atoms with van der Waals surface area (Å²) in [5.74, 6) is 3.28. The van der Waals surface area contributed by atoms with E-state index in [-0.39, 0.29) is 20.5 Å². The standard InChI is InChI=1S/C19H26Br2O2/c1-18-8-7-12-10(11(18)5-6-15(18)22)3-4-13-16(21)17(23)14(20)9-19(12,13)2/h10-14,16H,3-9H2,1-2H3/t10-,11-,12-,13-,14+,16-,18-,19+/m0/s1. The normalized spacial score (nSPS) is 56.0. The van der Waals surface area contributed by atoms with Crippen molar-refractivity contribution >= 4 is 43.4 Å². The van der Waals surface area contributed by atoms with Crippen LogP contribution in [0.25, 0.3) is 0 Å². The molecule has 23 heavy (non-hydrogen) atoms. The van der Waals surface area contributed by atoms with Crippen LogP contribution in [0.1, 0.15) is 58.8 Å². The largest absolute Gasteiger partial charge is 0.299 e. The van der Waals surface area contributed by atoms with Crippen LogP contribution in [0.4, 0.5) is 0 Å². The lowest BCUT2D eigenvalue weighted by Crippen LogP contribution is -2.58. The first-order chi connectivity index (χ1) is 10.8. The lowest BCUT2D eigenvalue weighted by Gasteiger charge is -2.60. The van der Waals surface area contributed by atoms with E-state index in [1.807, 2.05) is 0 Å². The number of ketones is 2. The third kappa shape index (κ3) is 2.16. The molecule has 8 atom stereocenters. The Balaban J connectivity index is 1.68. The Morgan fingerprint density at radius 1 is 0.957 bits per heavy atom. The molecule has 0 unspecified atom stereocenters. The fraction of sp³-hybridized carbons (Fsp3) is 0.895. The minimum Gasteiger partial charge on any atom is -0.299 e. The van der Waals surface area contributed by atoms with Gasteiger partial charge in [-0.1, -0.05) is 45.7 Å². The monoisotopic (exact) mass is 444 g/mol. The average molecular weight is 446 g/mol. The van der Waals surface area contributed by atoms with Gasteiger partial charge in [-0.2, -0.15) is 0 Å². The van der Waals surface area contributed by atoms with Gasteiger partial charge in [-0.15, -0.1) is 0 Å². The van der Waals surface area contributed by atoms with Crippen LogP contribution < -0.4 is 0 Å². The molecule has 0 heterocycles. The van der Waals surface area contributed by atoms with E-state index in [9.17, 15) is 9.59 Å². The van der Waals surface area contributed by atoms with Crippen molar-refractivity contribution in [2.45, 2.75) is 68.4 Å². The summed E-state index contributed by atoms with van der Waals surface area (Å²) in [5.41, 5.74) is 0.183. The van der Waals surface area contributed by atoms with Gasteiger partial charge in [-0.3, -0.25) is 9.59 Å². The smallest absolute Gasteiger partial charge is 0.160 e.